The van der Waals surface area contributed by atoms with Crippen LogP contribution in [-0.4, -0.2) is 36.5 Å². The summed E-state index contributed by atoms with van der Waals surface area (Å²) in [6.45, 7) is 0. The fraction of sp³-hybridized carbons (Fsp3) is 0.143. The minimum Gasteiger partial charge on any atom is -0.507 e. The van der Waals surface area contributed by atoms with Crippen molar-refractivity contribution in [1.29, 1.82) is 0 Å². The molecule has 7 nitrogen and oxygen atoms in total. The smallest absolute Gasteiger partial charge is 0.244 e. The summed E-state index contributed by atoms with van der Waals surface area (Å²) in [5.74, 6) is -1.20. The van der Waals surface area contributed by atoms with Crippen molar-refractivity contribution in [1.82, 2.24) is 25.6 Å². The number of rotatable bonds is 7. The molecular weight excluding hydrogens is 409 g/mol. The number of nitrogens with one attached hydrogen (secondary N) is 2. The molecule has 2 aromatic carbocycles. The van der Waals surface area contributed by atoms with Crippen LogP contribution in [0.4, 0.5) is 4.39 Å². The van der Waals surface area contributed by atoms with Crippen molar-refractivity contribution in [2.24, 2.45) is 0 Å². The number of H-pyrrole nitrogens is 2. The summed E-state index contributed by atoms with van der Waals surface area (Å²) in [7, 11) is 0. The third kappa shape index (κ3) is 4.23. The number of ketones is 1. The van der Waals surface area contributed by atoms with Gasteiger partial charge in [0, 0.05) is 33.3 Å². The van der Waals surface area contributed by atoms with Gasteiger partial charge in [0.25, 0.3) is 0 Å². The van der Waals surface area contributed by atoms with Crippen LogP contribution in [0.25, 0.3) is 16.7 Å². The van der Waals surface area contributed by atoms with E-state index in [-0.39, 0.29) is 17.4 Å². The fourth-order valence-corrected chi connectivity index (χ4v) is 3.52. The van der Waals surface area contributed by atoms with Crippen LogP contribution in [0.5, 0.6) is 0 Å². The van der Waals surface area contributed by atoms with E-state index in [4.69, 9.17) is 11.6 Å². The molecule has 3 N–H and O–H groups in total. The van der Waals surface area contributed by atoms with Gasteiger partial charge in [0.1, 0.15) is 11.6 Å². The van der Waals surface area contributed by atoms with Gasteiger partial charge >= 0.3 is 0 Å². The van der Waals surface area contributed by atoms with Crippen molar-refractivity contribution in [2.75, 3.05) is 0 Å². The molecule has 30 heavy (non-hydrogen) atoms. The van der Waals surface area contributed by atoms with Gasteiger partial charge in [0.2, 0.25) is 11.6 Å². The number of aromatic nitrogens is 5. The van der Waals surface area contributed by atoms with Gasteiger partial charge in [-0.3, -0.25) is 4.79 Å². The molecule has 152 valence electrons. The predicted octanol–water partition coefficient (Wildman–Crippen LogP) is 4.43. The van der Waals surface area contributed by atoms with Crippen LogP contribution >= 0.6 is 11.6 Å². The molecule has 0 aliphatic heterocycles. The van der Waals surface area contributed by atoms with Gasteiger partial charge in [-0.05, 0) is 60.4 Å². The normalized spacial score (nSPS) is 11.9. The molecule has 0 spiro atoms. The lowest BCUT2D eigenvalue weighted by molar-refractivity contribution is 0.103. The minimum absolute atomic E-state index is 0.141. The standard InChI is InChI=1S/C21H17ClFN5O2/c22-13-6-9-16-15(10-13)20(18(29)11-19(30)21-25-27-28-26-21)17(24-16)3-1-2-12-4-7-14(23)8-5-12/h4-11,24,29H,1-3H2,(H,25,26,27,28)/b18-11+. The molecule has 2 heterocycles. The molecule has 0 saturated carbocycles. The Balaban J connectivity index is 1.63. The highest BCUT2D eigenvalue weighted by Crippen LogP contribution is 2.31. The van der Waals surface area contributed by atoms with Gasteiger partial charge in [0.05, 0.1) is 0 Å². The third-order valence-electron chi connectivity index (χ3n) is 4.73. The highest BCUT2D eigenvalue weighted by molar-refractivity contribution is 6.31. The van der Waals surface area contributed by atoms with Crippen LogP contribution < -0.4 is 0 Å². The van der Waals surface area contributed by atoms with Gasteiger partial charge in [-0.15, -0.1) is 10.2 Å². The van der Waals surface area contributed by atoms with Gasteiger partial charge in [0.15, 0.2) is 0 Å². The van der Waals surface area contributed by atoms with E-state index in [1.807, 2.05) is 6.07 Å². The summed E-state index contributed by atoms with van der Waals surface area (Å²) in [6.07, 6.45) is 3.17. The quantitative estimate of drug-likeness (QED) is 0.230. The Hall–Kier alpha value is -3.52. The number of nitrogens with zero attached hydrogens (tertiary/aromatic N) is 3. The van der Waals surface area contributed by atoms with Gasteiger partial charge in [-0.25, -0.2) is 4.39 Å². The number of aryl methyl sites for hydroxylation is 2. The van der Waals surface area contributed by atoms with E-state index in [1.165, 1.54) is 12.1 Å². The zero-order valence-electron chi connectivity index (χ0n) is 15.7. The second kappa shape index (κ2) is 8.46. The molecule has 4 aromatic rings. The number of allylic oxidation sites excluding steroid dienone is 1. The molecule has 9 heteroatoms. The number of fused-ring (bicyclic) bond motifs is 1. The molecule has 0 aliphatic rings. The zero-order chi connectivity index (χ0) is 21.1. The molecule has 0 atom stereocenters. The third-order valence-corrected chi connectivity index (χ3v) is 4.97. The van der Waals surface area contributed by atoms with Crippen LogP contribution in [0.1, 0.15) is 33.9 Å². The fourth-order valence-electron chi connectivity index (χ4n) is 3.35. The first-order chi connectivity index (χ1) is 14.5. The maximum atomic E-state index is 13.1. The molecule has 0 aliphatic carbocycles. The SMILES string of the molecule is O=C(/C=C(/O)c1c(CCCc2ccc(F)cc2)[nH]c2ccc(Cl)cc12)c1nn[nH]n1. The molecule has 2 aromatic heterocycles. The number of halogens is 2. The molecular formula is C21H17ClFN5O2. The summed E-state index contributed by atoms with van der Waals surface area (Å²) in [5.41, 5.74) is 3.08. The van der Waals surface area contributed by atoms with Crippen LogP contribution in [0.2, 0.25) is 5.02 Å². The predicted molar refractivity (Wildman–Crippen MR) is 111 cm³/mol. The number of carbonyl (C=O) groups excluding carboxylic acids is 1. The molecule has 0 unspecified atom stereocenters. The molecule has 0 fully saturated rings. The summed E-state index contributed by atoms with van der Waals surface area (Å²) < 4.78 is 13.1. The Morgan fingerprint density at radius 1 is 1.17 bits per heavy atom. The van der Waals surface area contributed by atoms with Crippen molar-refractivity contribution in [3.63, 3.8) is 0 Å². The maximum absolute atomic E-state index is 13.1. The lowest BCUT2D eigenvalue weighted by Crippen LogP contribution is -2.01. The monoisotopic (exact) mass is 425 g/mol. The average Bonchev–Trinajstić information content (AvgIpc) is 3.37. The highest BCUT2D eigenvalue weighted by atomic mass is 35.5. The van der Waals surface area contributed by atoms with Crippen LogP contribution in [0.3, 0.4) is 0 Å². The Bertz CT molecular complexity index is 1220. The van der Waals surface area contributed by atoms with E-state index in [0.29, 0.717) is 22.4 Å². The van der Waals surface area contributed by atoms with E-state index in [9.17, 15) is 14.3 Å². The van der Waals surface area contributed by atoms with Crippen LogP contribution in [0.15, 0.2) is 48.5 Å². The number of hydrogen-bond acceptors (Lipinski definition) is 5. The first-order valence-electron chi connectivity index (χ1n) is 9.24. The lowest BCUT2D eigenvalue weighted by atomic mass is 10.0. The molecule has 4 rings (SSSR count). The van der Waals surface area contributed by atoms with Gasteiger partial charge < -0.3 is 10.1 Å². The van der Waals surface area contributed by atoms with Crippen LogP contribution in [0, 0.1) is 5.82 Å². The second-order valence-electron chi connectivity index (χ2n) is 6.78. The number of hydrogen-bond donors (Lipinski definition) is 3. The zero-order valence-corrected chi connectivity index (χ0v) is 16.4. The Morgan fingerprint density at radius 2 is 1.97 bits per heavy atom. The number of tetrazole rings is 1. The first kappa shape index (κ1) is 19.8. The summed E-state index contributed by atoms with van der Waals surface area (Å²) in [6, 6.07) is 11.7. The lowest BCUT2D eigenvalue weighted by Gasteiger charge is -2.05. The maximum Gasteiger partial charge on any atom is 0.244 e. The van der Waals surface area contributed by atoms with Crippen molar-refractivity contribution in [2.45, 2.75) is 19.3 Å². The Labute approximate surface area is 175 Å². The van der Waals surface area contributed by atoms with E-state index >= 15 is 0 Å². The second-order valence-corrected chi connectivity index (χ2v) is 7.21. The Morgan fingerprint density at radius 3 is 2.70 bits per heavy atom. The van der Waals surface area contributed by atoms with Gasteiger partial charge in [-0.2, -0.15) is 5.21 Å². The van der Waals surface area contributed by atoms with Crippen molar-refractivity contribution in [3.05, 3.63) is 82.0 Å². The first-order valence-corrected chi connectivity index (χ1v) is 9.62. The van der Waals surface area contributed by atoms with Gasteiger partial charge in [-0.1, -0.05) is 23.7 Å². The van der Waals surface area contributed by atoms with E-state index in [1.54, 1.807) is 24.3 Å². The molecule has 0 bridgehead atoms. The van der Waals surface area contributed by atoms with Crippen LogP contribution in [-0.2, 0) is 12.8 Å². The molecule has 0 radical (unpaired) electrons. The summed E-state index contributed by atoms with van der Waals surface area (Å²) in [4.78, 5) is 15.6. The molecule has 0 amide bonds. The van der Waals surface area contributed by atoms with Crippen molar-refractivity contribution in [3.8, 4) is 0 Å². The molecule has 0 saturated heterocycles. The number of aromatic amines is 2. The number of carbonyl (C=O) groups is 1. The summed E-state index contributed by atoms with van der Waals surface area (Å²) in [5, 5.41) is 24.8. The Kier molecular flexibility index (Phi) is 5.58. The van der Waals surface area contributed by atoms with E-state index < -0.39 is 5.78 Å². The van der Waals surface area contributed by atoms with Crippen molar-refractivity contribution < 1.29 is 14.3 Å². The average molecular weight is 426 g/mol. The minimum atomic E-state index is -0.574. The largest absolute Gasteiger partial charge is 0.507 e. The highest BCUT2D eigenvalue weighted by Gasteiger charge is 2.18. The topological polar surface area (TPSA) is 108 Å². The van der Waals surface area contributed by atoms with E-state index in [0.717, 1.165) is 35.7 Å². The summed E-state index contributed by atoms with van der Waals surface area (Å²) >= 11 is 6.14. The number of benzene rings is 2. The number of aliphatic hydroxyl groups excluding tert-OH is 1. The number of aliphatic hydroxyl groups is 1. The van der Waals surface area contributed by atoms with E-state index in [2.05, 4.69) is 25.6 Å². The van der Waals surface area contributed by atoms with Crippen molar-refractivity contribution >= 4 is 34.0 Å².